The van der Waals surface area contributed by atoms with Crippen LogP contribution < -0.4 is 0 Å². The van der Waals surface area contributed by atoms with E-state index in [2.05, 4.69) is 0 Å². The topological polar surface area (TPSA) is 88.5 Å². The maximum absolute atomic E-state index is 12.8. The standard InChI is InChI=1S/C17H14O5S/c1-8-9(2)17(23(20,21)22)10(3)14-13(8)15(18)11-6-4-5-7-12(11)16(14)19/h4-7H,1-3H3,(H,20,21,22). The number of rotatable bonds is 1. The van der Waals surface area contributed by atoms with Crippen molar-refractivity contribution in [2.75, 3.05) is 0 Å². The van der Waals surface area contributed by atoms with Crippen LogP contribution in [-0.2, 0) is 10.1 Å². The minimum Gasteiger partial charge on any atom is -0.289 e. The number of hydrogen-bond acceptors (Lipinski definition) is 4. The zero-order valence-electron chi connectivity index (χ0n) is 12.8. The first-order chi connectivity index (χ1) is 10.7. The molecule has 0 bridgehead atoms. The normalized spacial score (nSPS) is 13.7. The number of carbonyl (C=O) groups excluding carboxylic acids is 2. The van der Waals surface area contributed by atoms with Gasteiger partial charge in [0.05, 0.1) is 0 Å². The molecule has 0 atom stereocenters. The lowest BCUT2D eigenvalue weighted by Crippen LogP contribution is -2.25. The Hall–Kier alpha value is -2.31. The molecule has 23 heavy (non-hydrogen) atoms. The molecule has 0 saturated heterocycles. The lowest BCUT2D eigenvalue weighted by molar-refractivity contribution is 0.0977. The highest BCUT2D eigenvalue weighted by atomic mass is 32.2. The zero-order chi connectivity index (χ0) is 17.1. The van der Waals surface area contributed by atoms with Gasteiger partial charge in [0.15, 0.2) is 11.6 Å². The van der Waals surface area contributed by atoms with E-state index in [-0.39, 0.29) is 38.5 Å². The molecule has 0 aromatic heterocycles. The van der Waals surface area contributed by atoms with Gasteiger partial charge in [-0.1, -0.05) is 24.3 Å². The number of fused-ring (bicyclic) bond motifs is 2. The van der Waals surface area contributed by atoms with Gasteiger partial charge in [0.1, 0.15) is 4.90 Å². The summed E-state index contributed by atoms with van der Waals surface area (Å²) in [6.45, 7) is 4.54. The van der Waals surface area contributed by atoms with Crippen LogP contribution in [0.3, 0.4) is 0 Å². The average Bonchev–Trinajstić information content (AvgIpc) is 2.47. The number of ketones is 2. The fourth-order valence-electron chi connectivity index (χ4n) is 3.23. The van der Waals surface area contributed by atoms with Crippen LogP contribution in [0.2, 0.25) is 0 Å². The predicted octanol–water partition coefficient (Wildman–Crippen LogP) is 2.63. The fourth-order valence-corrected chi connectivity index (χ4v) is 4.26. The van der Waals surface area contributed by atoms with E-state index in [1.807, 2.05) is 0 Å². The number of carbonyl (C=O) groups is 2. The smallest absolute Gasteiger partial charge is 0.289 e. The van der Waals surface area contributed by atoms with Gasteiger partial charge in [-0.2, -0.15) is 8.42 Å². The van der Waals surface area contributed by atoms with Crippen molar-refractivity contribution in [3.63, 3.8) is 0 Å². The Balaban J connectivity index is 2.50. The van der Waals surface area contributed by atoms with Gasteiger partial charge in [-0.3, -0.25) is 14.1 Å². The van der Waals surface area contributed by atoms with Crippen LogP contribution in [0.1, 0.15) is 48.5 Å². The molecule has 6 heteroatoms. The van der Waals surface area contributed by atoms with Crippen molar-refractivity contribution >= 4 is 21.7 Å². The van der Waals surface area contributed by atoms with Crippen molar-refractivity contribution in [3.8, 4) is 0 Å². The molecule has 0 spiro atoms. The quantitative estimate of drug-likeness (QED) is 0.693. The predicted molar refractivity (Wildman–Crippen MR) is 83.8 cm³/mol. The summed E-state index contributed by atoms with van der Waals surface area (Å²) in [4.78, 5) is 25.3. The molecule has 0 heterocycles. The van der Waals surface area contributed by atoms with Crippen LogP contribution >= 0.6 is 0 Å². The minimum absolute atomic E-state index is 0.0597. The summed E-state index contributed by atoms with van der Waals surface area (Å²) in [7, 11) is -4.50. The summed E-state index contributed by atoms with van der Waals surface area (Å²) in [5, 5.41) is 0. The van der Waals surface area contributed by atoms with E-state index in [0.717, 1.165) is 0 Å². The molecular weight excluding hydrogens is 316 g/mol. The molecule has 0 amide bonds. The van der Waals surface area contributed by atoms with E-state index in [1.165, 1.54) is 13.8 Å². The molecule has 2 aromatic rings. The molecule has 1 aliphatic rings. The lowest BCUT2D eigenvalue weighted by Gasteiger charge is -2.24. The molecule has 5 nitrogen and oxygen atoms in total. The number of benzene rings is 2. The van der Waals surface area contributed by atoms with E-state index in [1.54, 1.807) is 31.2 Å². The number of hydrogen-bond donors (Lipinski definition) is 1. The van der Waals surface area contributed by atoms with Gasteiger partial charge < -0.3 is 0 Å². The summed E-state index contributed by atoms with van der Waals surface area (Å²) in [6.07, 6.45) is 0. The first kappa shape index (κ1) is 15.6. The summed E-state index contributed by atoms with van der Waals surface area (Å²) in [5.74, 6) is -0.707. The Morgan fingerprint density at radius 3 is 1.65 bits per heavy atom. The Bertz CT molecular complexity index is 1000. The summed E-state index contributed by atoms with van der Waals surface area (Å²) in [5.41, 5.74) is 1.62. The zero-order valence-corrected chi connectivity index (χ0v) is 13.6. The molecule has 118 valence electrons. The molecule has 0 saturated carbocycles. The lowest BCUT2D eigenvalue weighted by atomic mass is 9.79. The Morgan fingerprint density at radius 2 is 1.22 bits per heavy atom. The first-order valence-electron chi connectivity index (χ1n) is 6.96. The van der Waals surface area contributed by atoms with Gasteiger partial charge >= 0.3 is 0 Å². The Kier molecular flexibility index (Phi) is 3.28. The van der Waals surface area contributed by atoms with Crippen molar-refractivity contribution in [1.82, 2.24) is 0 Å². The molecule has 3 rings (SSSR count). The van der Waals surface area contributed by atoms with Crippen LogP contribution in [-0.4, -0.2) is 24.5 Å². The second-order valence-electron chi connectivity index (χ2n) is 5.63. The van der Waals surface area contributed by atoms with E-state index >= 15 is 0 Å². The van der Waals surface area contributed by atoms with E-state index in [0.29, 0.717) is 11.1 Å². The molecule has 0 radical (unpaired) electrons. The van der Waals surface area contributed by atoms with Gasteiger partial charge in [0.25, 0.3) is 10.1 Å². The fraction of sp³-hybridized carbons (Fsp3) is 0.176. The van der Waals surface area contributed by atoms with E-state index < -0.39 is 15.9 Å². The Morgan fingerprint density at radius 1 is 0.783 bits per heavy atom. The molecule has 1 N–H and O–H groups in total. The highest BCUT2D eigenvalue weighted by Gasteiger charge is 2.36. The third-order valence-corrected chi connectivity index (χ3v) is 5.50. The largest absolute Gasteiger partial charge is 0.295 e. The molecule has 0 aliphatic heterocycles. The van der Waals surface area contributed by atoms with Crippen molar-refractivity contribution in [2.24, 2.45) is 0 Å². The summed E-state index contributed by atoms with van der Waals surface area (Å²) < 4.78 is 32.9. The van der Waals surface area contributed by atoms with Gasteiger partial charge in [0.2, 0.25) is 0 Å². The molecule has 2 aromatic carbocycles. The van der Waals surface area contributed by atoms with E-state index in [9.17, 15) is 22.6 Å². The van der Waals surface area contributed by atoms with E-state index in [4.69, 9.17) is 0 Å². The van der Waals surface area contributed by atoms with Gasteiger partial charge in [0, 0.05) is 22.3 Å². The third kappa shape index (κ3) is 2.06. The SMILES string of the molecule is Cc1c(C)c(S(=O)(=O)O)c(C)c2c1C(=O)c1ccccc1C2=O. The highest BCUT2D eigenvalue weighted by molar-refractivity contribution is 7.86. The van der Waals surface area contributed by atoms with Crippen molar-refractivity contribution in [2.45, 2.75) is 25.7 Å². The molecule has 0 fully saturated rings. The highest BCUT2D eigenvalue weighted by Crippen LogP contribution is 2.36. The molecule has 0 unspecified atom stereocenters. The van der Waals surface area contributed by atoms with Gasteiger partial charge in [-0.05, 0) is 37.5 Å². The minimum atomic E-state index is -4.50. The average molecular weight is 330 g/mol. The van der Waals surface area contributed by atoms with Crippen molar-refractivity contribution in [1.29, 1.82) is 0 Å². The first-order valence-corrected chi connectivity index (χ1v) is 8.40. The summed E-state index contributed by atoms with van der Waals surface area (Å²) >= 11 is 0. The summed E-state index contributed by atoms with van der Waals surface area (Å²) in [6, 6.07) is 6.45. The van der Waals surface area contributed by atoms with Gasteiger partial charge in [-0.15, -0.1) is 0 Å². The van der Waals surface area contributed by atoms with Crippen molar-refractivity contribution in [3.05, 3.63) is 63.2 Å². The van der Waals surface area contributed by atoms with Crippen LogP contribution in [0.15, 0.2) is 29.2 Å². The Labute approximate surface area is 133 Å². The van der Waals surface area contributed by atoms with Gasteiger partial charge in [-0.25, -0.2) is 0 Å². The maximum Gasteiger partial charge on any atom is 0.295 e. The molecule has 1 aliphatic carbocycles. The van der Waals surface area contributed by atoms with Crippen LogP contribution in [0, 0.1) is 20.8 Å². The molecular formula is C17H14O5S. The second kappa shape index (κ2) is 4.84. The van der Waals surface area contributed by atoms with Crippen molar-refractivity contribution < 1.29 is 22.6 Å². The van der Waals surface area contributed by atoms with Crippen LogP contribution in [0.4, 0.5) is 0 Å². The van der Waals surface area contributed by atoms with Crippen LogP contribution in [0.25, 0.3) is 0 Å². The third-order valence-electron chi connectivity index (χ3n) is 4.37. The monoisotopic (exact) mass is 330 g/mol. The second-order valence-corrected chi connectivity index (χ2v) is 6.99. The maximum atomic E-state index is 12.8. The van der Waals surface area contributed by atoms with Crippen LogP contribution in [0.5, 0.6) is 0 Å².